The zero-order valence-corrected chi connectivity index (χ0v) is 16.0. The maximum atomic E-state index is 12.5. The van der Waals surface area contributed by atoms with Crippen molar-refractivity contribution in [1.29, 1.82) is 0 Å². The van der Waals surface area contributed by atoms with E-state index in [4.69, 9.17) is 10.2 Å². The van der Waals surface area contributed by atoms with E-state index in [2.05, 4.69) is 10.6 Å². The molecule has 13 heteroatoms. The van der Waals surface area contributed by atoms with Gasteiger partial charge in [0.05, 0.1) is 12.8 Å². The van der Waals surface area contributed by atoms with Gasteiger partial charge in [0.25, 0.3) is 11.8 Å². The zero-order valence-electron chi connectivity index (χ0n) is 16.0. The lowest BCUT2D eigenvalue weighted by Gasteiger charge is -2.23. The van der Waals surface area contributed by atoms with Gasteiger partial charge >= 0.3 is 11.9 Å². The molecular weight excluding hydrogens is 404 g/mol. The summed E-state index contributed by atoms with van der Waals surface area (Å²) >= 11 is 0. The van der Waals surface area contributed by atoms with E-state index in [0.29, 0.717) is 0 Å². The van der Waals surface area contributed by atoms with Gasteiger partial charge in [-0.05, 0) is 0 Å². The number of imide groups is 1. The molecule has 0 atom stereocenters. The average molecular weight is 426 g/mol. The fourth-order valence-electron chi connectivity index (χ4n) is 2.33. The molecule has 1 aliphatic heterocycles. The van der Waals surface area contributed by atoms with Crippen molar-refractivity contribution in [3.63, 3.8) is 0 Å². The highest BCUT2D eigenvalue weighted by atomic mass is 16.4. The van der Waals surface area contributed by atoms with E-state index in [1.54, 1.807) is 0 Å². The van der Waals surface area contributed by atoms with Crippen LogP contribution in [0.4, 0.5) is 0 Å². The van der Waals surface area contributed by atoms with Crippen LogP contribution in [0.15, 0.2) is 12.2 Å². The summed E-state index contributed by atoms with van der Waals surface area (Å²) in [6.45, 7) is -1.73. The zero-order chi connectivity index (χ0) is 22.7. The van der Waals surface area contributed by atoms with Crippen molar-refractivity contribution >= 4 is 41.5 Å². The smallest absolute Gasteiger partial charge is 0.305 e. The number of carbonyl (C=O) groups is 7. The van der Waals surface area contributed by atoms with Crippen LogP contribution in [-0.2, 0) is 33.6 Å². The normalized spacial score (nSPS) is 12.6. The molecule has 0 radical (unpaired) electrons. The lowest BCUT2D eigenvalue weighted by molar-refractivity contribution is -0.142. The lowest BCUT2D eigenvalue weighted by atomic mass is 10.3. The van der Waals surface area contributed by atoms with Crippen LogP contribution < -0.4 is 10.6 Å². The number of rotatable bonds is 13. The first-order chi connectivity index (χ1) is 14.1. The first kappa shape index (κ1) is 24.3. The van der Waals surface area contributed by atoms with Crippen LogP contribution in [0.1, 0.15) is 19.3 Å². The van der Waals surface area contributed by atoms with Crippen LogP contribution in [-0.4, -0.2) is 94.2 Å². The Morgan fingerprint density at radius 3 is 1.63 bits per heavy atom. The van der Waals surface area contributed by atoms with Gasteiger partial charge in [0.1, 0.15) is 13.1 Å². The van der Waals surface area contributed by atoms with Crippen molar-refractivity contribution in [2.75, 3.05) is 32.7 Å². The van der Waals surface area contributed by atoms with Crippen molar-refractivity contribution in [3.05, 3.63) is 12.2 Å². The molecular formula is C17H22N4O9. The van der Waals surface area contributed by atoms with Gasteiger partial charge < -0.3 is 25.7 Å². The Morgan fingerprint density at radius 2 is 1.23 bits per heavy atom. The number of carboxylic acids is 2. The summed E-state index contributed by atoms with van der Waals surface area (Å²) in [6, 6.07) is 0. The molecule has 1 aliphatic rings. The van der Waals surface area contributed by atoms with Gasteiger partial charge in [-0.25, -0.2) is 0 Å². The molecule has 0 bridgehead atoms. The number of amides is 5. The summed E-state index contributed by atoms with van der Waals surface area (Å²) in [5, 5.41) is 21.7. The summed E-state index contributed by atoms with van der Waals surface area (Å²) in [4.78, 5) is 82.1. The summed E-state index contributed by atoms with van der Waals surface area (Å²) in [6.07, 6.45) is 1.10. The third kappa shape index (κ3) is 8.95. The van der Waals surface area contributed by atoms with Crippen LogP contribution >= 0.6 is 0 Å². The largest absolute Gasteiger partial charge is 0.481 e. The van der Waals surface area contributed by atoms with E-state index in [1.807, 2.05) is 0 Å². The molecule has 0 fully saturated rings. The van der Waals surface area contributed by atoms with Crippen molar-refractivity contribution in [2.24, 2.45) is 0 Å². The first-order valence-electron chi connectivity index (χ1n) is 8.88. The van der Waals surface area contributed by atoms with Crippen LogP contribution in [0, 0.1) is 0 Å². The van der Waals surface area contributed by atoms with E-state index in [0.717, 1.165) is 22.0 Å². The standard InChI is InChI=1S/C17H22N4O9/c22-11(18-6-3-16(27)28)9-20(10-12(23)19-7-4-17(29)30)13(24)5-8-21-14(25)1-2-15(21)26/h1-2H,3-10H2,(H,18,22)(H,19,23)(H,27,28)(H,29,30). The average Bonchev–Trinajstić information content (AvgIpc) is 2.96. The SMILES string of the molecule is O=C(O)CCNC(=O)CN(CC(=O)NCCC(=O)O)C(=O)CCN1C(=O)C=CC1=O. The number of nitrogens with zero attached hydrogens (tertiary/aromatic N) is 2. The molecule has 5 amide bonds. The Kier molecular flexibility index (Phi) is 9.65. The summed E-state index contributed by atoms with van der Waals surface area (Å²) in [5.41, 5.74) is 0. The van der Waals surface area contributed by atoms with Crippen LogP contribution in [0.2, 0.25) is 0 Å². The summed E-state index contributed by atoms with van der Waals surface area (Å²) in [7, 11) is 0. The molecule has 0 aromatic heterocycles. The second-order valence-electron chi connectivity index (χ2n) is 6.15. The van der Waals surface area contributed by atoms with Gasteiger partial charge in [0.15, 0.2) is 0 Å². The predicted molar refractivity (Wildman–Crippen MR) is 97.6 cm³/mol. The second-order valence-corrected chi connectivity index (χ2v) is 6.15. The molecule has 30 heavy (non-hydrogen) atoms. The van der Waals surface area contributed by atoms with Gasteiger partial charge in [0.2, 0.25) is 17.7 Å². The minimum atomic E-state index is -1.13. The van der Waals surface area contributed by atoms with Gasteiger partial charge in [-0.1, -0.05) is 0 Å². The number of nitrogens with one attached hydrogen (secondary N) is 2. The third-order valence-corrected chi connectivity index (χ3v) is 3.79. The molecule has 1 rings (SSSR count). The molecule has 1 heterocycles. The van der Waals surface area contributed by atoms with E-state index in [9.17, 15) is 33.6 Å². The lowest BCUT2D eigenvalue weighted by Crippen LogP contribution is -2.47. The van der Waals surface area contributed by atoms with Gasteiger partial charge in [-0.3, -0.25) is 38.5 Å². The molecule has 0 saturated carbocycles. The van der Waals surface area contributed by atoms with Crippen LogP contribution in [0.25, 0.3) is 0 Å². The highest BCUT2D eigenvalue weighted by Crippen LogP contribution is 2.06. The maximum absolute atomic E-state index is 12.5. The second kappa shape index (κ2) is 11.9. The quantitative estimate of drug-likeness (QED) is 0.227. The molecule has 164 valence electrons. The number of aliphatic carboxylic acids is 2. The van der Waals surface area contributed by atoms with Crippen molar-refractivity contribution in [1.82, 2.24) is 20.4 Å². The van der Waals surface area contributed by atoms with Crippen LogP contribution in [0.3, 0.4) is 0 Å². The van der Waals surface area contributed by atoms with Crippen molar-refractivity contribution < 1.29 is 43.8 Å². The minimum absolute atomic E-state index is 0.177. The fraction of sp³-hybridized carbons (Fsp3) is 0.471. The molecule has 0 aliphatic carbocycles. The van der Waals surface area contributed by atoms with Crippen LogP contribution in [0.5, 0.6) is 0 Å². The summed E-state index contributed by atoms with van der Waals surface area (Å²) < 4.78 is 0. The Hall–Kier alpha value is -3.77. The molecule has 0 aromatic rings. The number of carbonyl (C=O) groups excluding carboxylic acids is 5. The number of hydrogen-bond acceptors (Lipinski definition) is 7. The third-order valence-electron chi connectivity index (χ3n) is 3.79. The van der Waals surface area contributed by atoms with Gasteiger partial charge in [-0.15, -0.1) is 0 Å². The number of carboxylic acid groups (broad SMARTS) is 2. The summed E-state index contributed by atoms with van der Waals surface area (Å²) in [5.74, 6) is -5.56. The van der Waals surface area contributed by atoms with E-state index >= 15 is 0 Å². The molecule has 0 spiro atoms. The monoisotopic (exact) mass is 426 g/mol. The number of hydrogen-bond donors (Lipinski definition) is 4. The molecule has 0 saturated heterocycles. The molecule has 4 N–H and O–H groups in total. The highest BCUT2D eigenvalue weighted by Gasteiger charge is 2.26. The highest BCUT2D eigenvalue weighted by molar-refractivity contribution is 6.13. The Bertz CT molecular complexity index is 710. The topological polar surface area (TPSA) is 190 Å². The van der Waals surface area contributed by atoms with E-state index in [-0.39, 0.29) is 38.9 Å². The molecule has 13 nitrogen and oxygen atoms in total. The fourth-order valence-corrected chi connectivity index (χ4v) is 2.33. The van der Waals surface area contributed by atoms with E-state index in [1.165, 1.54) is 0 Å². The van der Waals surface area contributed by atoms with Gasteiger partial charge in [0, 0.05) is 38.2 Å². The predicted octanol–water partition coefficient (Wildman–Crippen LogP) is -2.69. The van der Waals surface area contributed by atoms with Crippen molar-refractivity contribution in [3.8, 4) is 0 Å². The maximum Gasteiger partial charge on any atom is 0.305 e. The first-order valence-corrected chi connectivity index (χ1v) is 8.88. The minimum Gasteiger partial charge on any atom is -0.481 e. The Labute approximate surface area is 170 Å². The Balaban J connectivity index is 2.66. The molecule has 0 unspecified atom stereocenters. The van der Waals surface area contributed by atoms with Gasteiger partial charge in [-0.2, -0.15) is 0 Å². The Morgan fingerprint density at radius 1 is 0.800 bits per heavy atom. The van der Waals surface area contributed by atoms with Crippen molar-refractivity contribution in [2.45, 2.75) is 19.3 Å². The molecule has 0 aromatic carbocycles. The van der Waals surface area contributed by atoms with E-state index < -0.39 is 54.6 Å².